The Hall–Kier alpha value is -2.37. The molecule has 1 amide bonds. The van der Waals surface area contributed by atoms with E-state index >= 15 is 0 Å². The second-order valence-electron chi connectivity index (χ2n) is 4.58. The van der Waals surface area contributed by atoms with Gasteiger partial charge in [-0.2, -0.15) is 9.89 Å². The summed E-state index contributed by atoms with van der Waals surface area (Å²) in [5, 5.41) is 9.12. The van der Waals surface area contributed by atoms with Crippen LogP contribution in [-0.4, -0.2) is 34.4 Å². The number of carbonyl (C=O) groups is 1. The van der Waals surface area contributed by atoms with Crippen molar-refractivity contribution in [3.8, 4) is 0 Å². The lowest BCUT2D eigenvalue weighted by atomic mass is 10.1. The highest BCUT2D eigenvalue weighted by molar-refractivity contribution is 6.04. The standard InChI is InChI=1S/C13H15N5O/c1-17-7-3-5-12-11(9-15-18(12)17)13(19)16-10-4-2-6-14-8-10/h2,4,6,8-9H,3,5,7H2,1H3,(H,16,19). The Morgan fingerprint density at radius 3 is 3.11 bits per heavy atom. The van der Waals surface area contributed by atoms with Crippen LogP contribution in [0.4, 0.5) is 5.69 Å². The summed E-state index contributed by atoms with van der Waals surface area (Å²) in [5.41, 5.74) is 2.29. The minimum atomic E-state index is -0.135. The Morgan fingerprint density at radius 1 is 1.42 bits per heavy atom. The van der Waals surface area contributed by atoms with Crippen molar-refractivity contribution in [1.29, 1.82) is 0 Å². The molecule has 0 aromatic carbocycles. The van der Waals surface area contributed by atoms with E-state index in [-0.39, 0.29) is 5.91 Å². The van der Waals surface area contributed by atoms with Gasteiger partial charge in [-0.15, -0.1) is 0 Å². The van der Waals surface area contributed by atoms with Gasteiger partial charge in [0.15, 0.2) is 0 Å². The maximum Gasteiger partial charge on any atom is 0.259 e. The van der Waals surface area contributed by atoms with Gasteiger partial charge in [0.25, 0.3) is 5.91 Å². The van der Waals surface area contributed by atoms with Crippen LogP contribution >= 0.6 is 0 Å². The van der Waals surface area contributed by atoms with E-state index in [4.69, 9.17) is 0 Å². The fourth-order valence-electron chi connectivity index (χ4n) is 2.29. The maximum atomic E-state index is 12.2. The zero-order valence-corrected chi connectivity index (χ0v) is 10.7. The monoisotopic (exact) mass is 257 g/mol. The van der Waals surface area contributed by atoms with Crippen molar-refractivity contribution in [2.24, 2.45) is 0 Å². The summed E-state index contributed by atoms with van der Waals surface area (Å²) in [5.74, 6) is -0.135. The number of amides is 1. The minimum absolute atomic E-state index is 0.135. The second-order valence-corrected chi connectivity index (χ2v) is 4.58. The molecular weight excluding hydrogens is 242 g/mol. The van der Waals surface area contributed by atoms with Crippen LogP contribution in [0.2, 0.25) is 0 Å². The molecule has 0 saturated heterocycles. The smallest absolute Gasteiger partial charge is 0.259 e. The minimum Gasteiger partial charge on any atom is -0.320 e. The van der Waals surface area contributed by atoms with Crippen LogP contribution in [0, 0.1) is 0 Å². The number of hydrogen-bond acceptors (Lipinski definition) is 4. The first-order chi connectivity index (χ1) is 9.25. The van der Waals surface area contributed by atoms with Crippen molar-refractivity contribution in [1.82, 2.24) is 14.9 Å². The van der Waals surface area contributed by atoms with Gasteiger partial charge in [0.2, 0.25) is 0 Å². The van der Waals surface area contributed by atoms with Gasteiger partial charge >= 0.3 is 0 Å². The van der Waals surface area contributed by atoms with E-state index in [1.165, 1.54) is 0 Å². The summed E-state index contributed by atoms with van der Waals surface area (Å²) in [6.45, 7) is 0.957. The lowest BCUT2D eigenvalue weighted by molar-refractivity contribution is 0.102. The fraction of sp³-hybridized carbons (Fsp3) is 0.308. The third kappa shape index (κ3) is 2.16. The molecule has 3 heterocycles. The molecule has 1 aliphatic rings. The Balaban J connectivity index is 1.85. The number of hydrogen-bond donors (Lipinski definition) is 1. The first kappa shape index (κ1) is 11.7. The van der Waals surface area contributed by atoms with E-state index in [2.05, 4.69) is 15.4 Å². The molecule has 6 heteroatoms. The van der Waals surface area contributed by atoms with E-state index in [1.54, 1.807) is 24.7 Å². The molecule has 98 valence electrons. The molecule has 0 saturated carbocycles. The fourth-order valence-corrected chi connectivity index (χ4v) is 2.29. The van der Waals surface area contributed by atoms with Crippen LogP contribution in [0.3, 0.4) is 0 Å². The first-order valence-electron chi connectivity index (χ1n) is 6.25. The van der Waals surface area contributed by atoms with E-state index in [0.717, 1.165) is 25.1 Å². The second kappa shape index (κ2) is 4.72. The number of anilines is 1. The largest absolute Gasteiger partial charge is 0.320 e. The van der Waals surface area contributed by atoms with E-state index < -0.39 is 0 Å². The SMILES string of the molecule is CN1CCCc2c(C(=O)Nc3cccnc3)cnn21. The van der Waals surface area contributed by atoms with Gasteiger partial charge in [-0.3, -0.25) is 14.8 Å². The molecular formula is C13H15N5O. The van der Waals surface area contributed by atoms with Crippen LogP contribution in [0.1, 0.15) is 22.5 Å². The van der Waals surface area contributed by atoms with E-state index in [0.29, 0.717) is 11.3 Å². The summed E-state index contributed by atoms with van der Waals surface area (Å²) in [6, 6.07) is 3.60. The third-order valence-electron chi connectivity index (χ3n) is 3.23. The zero-order chi connectivity index (χ0) is 13.2. The van der Waals surface area contributed by atoms with Gasteiger partial charge in [-0.25, -0.2) is 0 Å². The zero-order valence-electron chi connectivity index (χ0n) is 10.7. The Labute approximate surface area is 111 Å². The Morgan fingerprint density at radius 2 is 2.32 bits per heavy atom. The number of pyridine rings is 1. The Kier molecular flexibility index (Phi) is 2.91. The molecule has 0 radical (unpaired) electrons. The lowest BCUT2D eigenvalue weighted by Gasteiger charge is -2.26. The molecule has 3 rings (SSSR count). The molecule has 0 atom stereocenters. The van der Waals surface area contributed by atoms with Crippen LogP contribution in [0.25, 0.3) is 0 Å². The van der Waals surface area contributed by atoms with Crippen LogP contribution in [0.5, 0.6) is 0 Å². The average molecular weight is 257 g/mol. The van der Waals surface area contributed by atoms with Gasteiger partial charge in [-0.1, -0.05) is 0 Å². The van der Waals surface area contributed by atoms with Crippen molar-refractivity contribution in [2.45, 2.75) is 12.8 Å². The van der Waals surface area contributed by atoms with Crippen molar-refractivity contribution in [3.05, 3.63) is 42.0 Å². The lowest BCUT2D eigenvalue weighted by Crippen LogP contribution is -2.37. The quantitative estimate of drug-likeness (QED) is 0.873. The highest BCUT2D eigenvalue weighted by Crippen LogP contribution is 2.17. The molecule has 0 unspecified atom stereocenters. The van der Waals surface area contributed by atoms with Crippen molar-refractivity contribution in [3.63, 3.8) is 0 Å². The number of nitrogens with zero attached hydrogens (tertiary/aromatic N) is 4. The maximum absolute atomic E-state index is 12.2. The van der Waals surface area contributed by atoms with Gasteiger partial charge in [0.05, 0.1) is 29.3 Å². The summed E-state index contributed by atoms with van der Waals surface area (Å²) in [7, 11) is 1.97. The summed E-state index contributed by atoms with van der Waals surface area (Å²) in [6.07, 6.45) is 6.84. The number of rotatable bonds is 2. The average Bonchev–Trinajstić information content (AvgIpc) is 2.85. The molecule has 1 N–H and O–H groups in total. The molecule has 1 aliphatic heterocycles. The molecule has 0 fully saturated rings. The number of aromatic nitrogens is 3. The molecule has 0 spiro atoms. The summed E-state index contributed by atoms with van der Waals surface area (Å²) in [4.78, 5) is 18.0. The van der Waals surface area contributed by atoms with E-state index in [1.807, 2.05) is 22.9 Å². The summed E-state index contributed by atoms with van der Waals surface area (Å²) < 4.78 is 0. The highest BCUT2D eigenvalue weighted by Gasteiger charge is 2.22. The Bertz CT molecular complexity index is 592. The predicted octanol–water partition coefficient (Wildman–Crippen LogP) is 1.04. The van der Waals surface area contributed by atoms with Crippen LogP contribution < -0.4 is 10.3 Å². The predicted molar refractivity (Wildman–Crippen MR) is 71.7 cm³/mol. The third-order valence-corrected chi connectivity index (χ3v) is 3.23. The van der Waals surface area contributed by atoms with Gasteiger partial charge in [0.1, 0.15) is 0 Å². The topological polar surface area (TPSA) is 63.1 Å². The van der Waals surface area contributed by atoms with Crippen molar-refractivity contribution in [2.75, 3.05) is 23.9 Å². The van der Waals surface area contributed by atoms with E-state index in [9.17, 15) is 4.79 Å². The van der Waals surface area contributed by atoms with Crippen molar-refractivity contribution >= 4 is 11.6 Å². The normalized spacial score (nSPS) is 14.1. The van der Waals surface area contributed by atoms with Crippen molar-refractivity contribution < 1.29 is 4.79 Å². The highest BCUT2D eigenvalue weighted by atomic mass is 16.1. The molecule has 2 aromatic heterocycles. The number of nitrogens with one attached hydrogen (secondary N) is 1. The van der Waals surface area contributed by atoms with Crippen LogP contribution in [-0.2, 0) is 6.42 Å². The van der Waals surface area contributed by atoms with Gasteiger partial charge in [0, 0.05) is 19.8 Å². The van der Waals surface area contributed by atoms with Gasteiger partial charge < -0.3 is 5.32 Å². The molecule has 19 heavy (non-hydrogen) atoms. The molecule has 2 aromatic rings. The molecule has 0 bridgehead atoms. The number of fused-ring (bicyclic) bond motifs is 1. The first-order valence-corrected chi connectivity index (χ1v) is 6.25. The van der Waals surface area contributed by atoms with Crippen LogP contribution in [0.15, 0.2) is 30.7 Å². The molecule has 6 nitrogen and oxygen atoms in total. The van der Waals surface area contributed by atoms with Gasteiger partial charge in [-0.05, 0) is 25.0 Å². The number of carbonyl (C=O) groups excluding carboxylic acids is 1. The summed E-state index contributed by atoms with van der Waals surface area (Å²) >= 11 is 0. The molecule has 0 aliphatic carbocycles.